The largest absolute Gasteiger partial charge is 0.314 e. The standard InChI is InChI=1S/C12H22N2/c1-4-7-13-12-6-9-14(8-5-2)11(3)10-12/h2,11-13H,4,6-10H2,1,3H3. The van der Waals surface area contributed by atoms with Crippen LogP contribution in [0.15, 0.2) is 0 Å². The quantitative estimate of drug-likeness (QED) is 0.682. The third-order valence-electron chi connectivity index (χ3n) is 2.99. The Morgan fingerprint density at radius 3 is 2.93 bits per heavy atom. The summed E-state index contributed by atoms with van der Waals surface area (Å²) >= 11 is 0. The number of likely N-dealkylation sites (tertiary alicyclic amines) is 1. The first-order valence-electron chi connectivity index (χ1n) is 5.68. The summed E-state index contributed by atoms with van der Waals surface area (Å²) < 4.78 is 0. The Hall–Kier alpha value is -0.520. The SMILES string of the molecule is C#CCN1CCC(NCCC)CC1C. The van der Waals surface area contributed by atoms with Crippen molar-refractivity contribution in [3.63, 3.8) is 0 Å². The van der Waals surface area contributed by atoms with Gasteiger partial charge >= 0.3 is 0 Å². The average molecular weight is 194 g/mol. The molecule has 0 spiro atoms. The van der Waals surface area contributed by atoms with Gasteiger partial charge in [-0.3, -0.25) is 4.90 Å². The summed E-state index contributed by atoms with van der Waals surface area (Å²) in [5.74, 6) is 2.73. The lowest BCUT2D eigenvalue weighted by Gasteiger charge is -2.36. The Morgan fingerprint density at radius 2 is 2.36 bits per heavy atom. The summed E-state index contributed by atoms with van der Waals surface area (Å²) in [5.41, 5.74) is 0. The van der Waals surface area contributed by atoms with Gasteiger partial charge in [0.1, 0.15) is 0 Å². The number of nitrogens with one attached hydrogen (secondary N) is 1. The van der Waals surface area contributed by atoms with Crippen LogP contribution in [-0.4, -0.2) is 36.6 Å². The van der Waals surface area contributed by atoms with Gasteiger partial charge in [0.15, 0.2) is 0 Å². The van der Waals surface area contributed by atoms with E-state index >= 15 is 0 Å². The molecule has 0 radical (unpaired) electrons. The Bertz CT molecular complexity index is 195. The second kappa shape index (κ2) is 6.06. The van der Waals surface area contributed by atoms with E-state index in [1.165, 1.54) is 19.3 Å². The van der Waals surface area contributed by atoms with Gasteiger partial charge in [-0.25, -0.2) is 0 Å². The molecule has 1 fully saturated rings. The smallest absolute Gasteiger partial charge is 0.0601 e. The number of hydrogen-bond donors (Lipinski definition) is 1. The van der Waals surface area contributed by atoms with Gasteiger partial charge in [-0.05, 0) is 32.7 Å². The number of rotatable bonds is 4. The molecule has 0 saturated carbocycles. The van der Waals surface area contributed by atoms with Crippen LogP contribution >= 0.6 is 0 Å². The van der Waals surface area contributed by atoms with Crippen LogP contribution in [0.4, 0.5) is 0 Å². The zero-order valence-electron chi connectivity index (χ0n) is 9.42. The maximum Gasteiger partial charge on any atom is 0.0601 e. The highest BCUT2D eigenvalue weighted by Crippen LogP contribution is 2.16. The molecule has 80 valence electrons. The summed E-state index contributed by atoms with van der Waals surface area (Å²) in [7, 11) is 0. The second-order valence-electron chi connectivity index (χ2n) is 4.20. The van der Waals surface area contributed by atoms with Crippen molar-refractivity contribution < 1.29 is 0 Å². The summed E-state index contributed by atoms with van der Waals surface area (Å²) in [6.45, 7) is 7.59. The predicted octanol–water partition coefficient (Wildman–Crippen LogP) is 1.47. The maximum absolute atomic E-state index is 5.33. The molecule has 2 atom stereocenters. The Labute approximate surface area is 88.1 Å². The Morgan fingerprint density at radius 1 is 1.57 bits per heavy atom. The van der Waals surface area contributed by atoms with Crippen LogP contribution in [0, 0.1) is 12.3 Å². The normalized spacial score (nSPS) is 28.6. The van der Waals surface area contributed by atoms with E-state index in [1.807, 2.05) is 0 Å². The molecule has 14 heavy (non-hydrogen) atoms. The van der Waals surface area contributed by atoms with Gasteiger partial charge in [-0.2, -0.15) is 0 Å². The molecule has 0 amide bonds. The lowest BCUT2D eigenvalue weighted by molar-refractivity contribution is 0.153. The topological polar surface area (TPSA) is 15.3 Å². The Kier molecular flexibility index (Phi) is 5.00. The monoisotopic (exact) mass is 194 g/mol. The van der Waals surface area contributed by atoms with E-state index < -0.39 is 0 Å². The van der Waals surface area contributed by atoms with Crippen molar-refractivity contribution in [1.82, 2.24) is 10.2 Å². The van der Waals surface area contributed by atoms with Crippen LogP contribution < -0.4 is 5.32 Å². The van der Waals surface area contributed by atoms with E-state index in [0.29, 0.717) is 12.1 Å². The molecule has 0 aromatic heterocycles. The molecular formula is C12H22N2. The van der Waals surface area contributed by atoms with E-state index in [4.69, 9.17) is 6.42 Å². The number of nitrogens with zero attached hydrogens (tertiary/aromatic N) is 1. The molecule has 0 bridgehead atoms. The Balaban J connectivity index is 2.28. The van der Waals surface area contributed by atoms with Crippen molar-refractivity contribution in [2.45, 2.75) is 45.2 Å². The number of hydrogen-bond acceptors (Lipinski definition) is 2. The summed E-state index contributed by atoms with van der Waals surface area (Å²) in [6, 6.07) is 1.34. The molecule has 2 unspecified atom stereocenters. The van der Waals surface area contributed by atoms with Crippen LogP contribution in [-0.2, 0) is 0 Å². The van der Waals surface area contributed by atoms with Gasteiger partial charge in [0.2, 0.25) is 0 Å². The van der Waals surface area contributed by atoms with Crippen molar-refractivity contribution in [3.05, 3.63) is 0 Å². The third kappa shape index (κ3) is 3.32. The van der Waals surface area contributed by atoms with Gasteiger partial charge < -0.3 is 5.32 Å². The molecule has 2 nitrogen and oxygen atoms in total. The molecule has 1 aliphatic heterocycles. The fraction of sp³-hybridized carbons (Fsp3) is 0.833. The van der Waals surface area contributed by atoms with E-state index in [9.17, 15) is 0 Å². The summed E-state index contributed by atoms with van der Waals surface area (Å²) in [4.78, 5) is 2.39. The molecule has 1 N–H and O–H groups in total. The fourth-order valence-electron chi connectivity index (χ4n) is 2.11. The van der Waals surface area contributed by atoms with Crippen LogP contribution in [0.2, 0.25) is 0 Å². The number of terminal acetylenes is 1. The molecule has 0 aromatic carbocycles. The predicted molar refractivity (Wildman–Crippen MR) is 61.2 cm³/mol. The van der Waals surface area contributed by atoms with E-state index in [2.05, 4.69) is 30.0 Å². The van der Waals surface area contributed by atoms with Gasteiger partial charge in [-0.1, -0.05) is 12.8 Å². The van der Waals surface area contributed by atoms with Crippen molar-refractivity contribution in [3.8, 4) is 12.3 Å². The fourth-order valence-corrected chi connectivity index (χ4v) is 2.11. The van der Waals surface area contributed by atoms with Crippen LogP contribution in [0.25, 0.3) is 0 Å². The molecule has 2 heteroatoms. The first kappa shape index (κ1) is 11.6. The van der Waals surface area contributed by atoms with E-state index in [-0.39, 0.29) is 0 Å². The van der Waals surface area contributed by atoms with Crippen molar-refractivity contribution in [2.75, 3.05) is 19.6 Å². The lowest BCUT2D eigenvalue weighted by atomic mass is 9.98. The summed E-state index contributed by atoms with van der Waals surface area (Å²) in [5, 5.41) is 3.59. The highest BCUT2D eigenvalue weighted by molar-refractivity contribution is 4.93. The first-order chi connectivity index (χ1) is 6.77. The highest BCUT2D eigenvalue weighted by atomic mass is 15.2. The minimum Gasteiger partial charge on any atom is -0.314 e. The lowest BCUT2D eigenvalue weighted by Crippen LogP contribution is -2.47. The van der Waals surface area contributed by atoms with Gasteiger partial charge in [-0.15, -0.1) is 6.42 Å². The zero-order valence-corrected chi connectivity index (χ0v) is 9.42. The molecule has 1 rings (SSSR count). The van der Waals surface area contributed by atoms with Gasteiger partial charge in [0.25, 0.3) is 0 Å². The van der Waals surface area contributed by atoms with E-state index in [0.717, 1.165) is 19.6 Å². The molecule has 0 aromatic rings. The average Bonchev–Trinajstić information content (AvgIpc) is 2.19. The molecule has 0 aliphatic carbocycles. The van der Waals surface area contributed by atoms with Crippen LogP contribution in [0.3, 0.4) is 0 Å². The van der Waals surface area contributed by atoms with Crippen molar-refractivity contribution in [2.24, 2.45) is 0 Å². The minimum atomic E-state index is 0.633. The van der Waals surface area contributed by atoms with Gasteiger partial charge in [0.05, 0.1) is 6.54 Å². The first-order valence-corrected chi connectivity index (χ1v) is 5.68. The second-order valence-corrected chi connectivity index (χ2v) is 4.20. The van der Waals surface area contributed by atoms with Gasteiger partial charge in [0, 0.05) is 18.6 Å². The van der Waals surface area contributed by atoms with Crippen LogP contribution in [0.5, 0.6) is 0 Å². The highest BCUT2D eigenvalue weighted by Gasteiger charge is 2.23. The molecular weight excluding hydrogens is 172 g/mol. The minimum absolute atomic E-state index is 0.633. The zero-order chi connectivity index (χ0) is 10.4. The van der Waals surface area contributed by atoms with Crippen molar-refractivity contribution in [1.29, 1.82) is 0 Å². The van der Waals surface area contributed by atoms with E-state index in [1.54, 1.807) is 0 Å². The van der Waals surface area contributed by atoms with Crippen molar-refractivity contribution >= 4 is 0 Å². The third-order valence-corrected chi connectivity index (χ3v) is 2.99. The maximum atomic E-state index is 5.33. The van der Waals surface area contributed by atoms with Crippen LogP contribution in [0.1, 0.15) is 33.1 Å². The molecule has 1 aliphatic rings. The molecule has 1 saturated heterocycles. The molecule has 1 heterocycles. The summed E-state index contributed by atoms with van der Waals surface area (Å²) in [6.07, 6.45) is 9.03. The number of piperidine rings is 1.